The number of rotatable bonds is 9. The van der Waals surface area contributed by atoms with Crippen LogP contribution in [0.3, 0.4) is 0 Å². The van der Waals surface area contributed by atoms with Crippen molar-refractivity contribution in [2.75, 3.05) is 0 Å². The van der Waals surface area contributed by atoms with E-state index in [0.29, 0.717) is 12.1 Å². The van der Waals surface area contributed by atoms with E-state index in [2.05, 4.69) is 21.8 Å². The molecule has 1 heterocycles. The minimum Gasteiger partial charge on any atom is -0.481 e. The lowest BCUT2D eigenvalue weighted by atomic mass is 10.0. The lowest BCUT2D eigenvalue weighted by Gasteiger charge is -2.15. The van der Waals surface area contributed by atoms with Gasteiger partial charge in [-0.1, -0.05) is 13.3 Å². The van der Waals surface area contributed by atoms with Crippen molar-refractivity contribution in [3.8, 4) is 0 Å². The molecule has 0 aromatic carbocycles. The Morgan fingerprint density at radius 1 is 1.50 bits per heavy atom. The molecule has 1 fully saturated rings. The maximum Gasteiger partial charge on any atom is 0.306 e. The van der Waals surface area contributed by atoms with Crippen LogP contribution in [0.15, 0.2) is 12.5 Å². The van der Waals surface area contributed by atoms with E-state index in [1.54, 1.807) is 6.92 Å². The summed E-state index contributed by atoms with van der Waals surface area (Å²) < 4.78 is 2.27. The number of carboxylic acids is 1. The van der Waals surface area contributed by atoms with E-state index in [1.807, 2.05) is 12.5 Å². The van der Waals surface area contributed by atoms with Crippen LogP contribution in [0.1, 0.15) is 57.7 Å². The standard InChI is InChI=1S/C15H25N3O2/c1-11(15(19)20)4-3-5-12(2)17-9-14-8-16-10-18(14)13-6-7-13/h8,10-13,17H,3-7,9H2,1-2H3,(H,19,20). The summed E-state index contributed by atoms with van der Waals surface area (Å²) in [5.74, 6) is -0.933. The Balaban J connectivity index is 1.65. The highest BCUT2D eigenvalue weighted by Crippen LogP contribution is 2.35. The van der Waals surface area contributed by atoms with Gasteiger partial charge in [0.15, 0.2) is 0 Å². The molecule has 2 rings (SSSR count). The molecule has 1 aromatic heterocycles. The second kappa shape index (κ2) is 6.88. The Bertz CT molecular complexity index is 440. The van der Waals surface area contributed by atoms with Crippen molar-refractivity contribution in [2.24, 2.45) is 5.92 Å². The fourth-order valence-electron chi connectivity index (χ4n) is 2.39. The van der Waals surface area contributed by atoms with Crippen molar-refractivity contribution in [3.63, 3.8) is 0 Å². The molecule has 0 saturated heterocycles. The summed E-state index contributed by atoms with van der Waals surface area (Å²) in [5, 5.41) is 12.3. The highest BCUT2D eigenvalue weighted by molar-refractivity contribution is 5.69. The monoisotopic (exact) mass is 279 g/mol. The highest BCUT2D eigenvalue weighted by atomic mass is 16.4. The first kappa shape index (κ1) is 15.0. The average molecular weight is 279 g/mol. The molecule has 5 heteroatoms. The van der Waals surface area contributed by atoms with Gasteiger partial charge >= 0.3 is 5.97 Å². The lowest BCUT2D eigenvalue weighted by molar-refractivity contribution is -0.141. The molecule has 20 heavy (non-hydrogen) atoms. The van der Waals surface area contributed by atoms with Gasteiger partial charge in [-0.3, -0.25) is 4.79 Å². The number of hydrogen-bond acceptors (Lipinski definition) is 3. The third-order valence-corrected chi connectivity index (χ3v) is 4.01. The van der Waals surface area contributed by atoms with Crippen LogP contribution in [-0.2, 0) is 11.3 Å². The maximum atomic E-state index is 10.7. The third-order valence-electron chi connectivity index (χ3n) is 4.01. The largest absolute Gasteiger partial charge is 0.481 e. The smallest absolute Gasteiger partial charge is 0.306 e. The van der Waals surface area contributed by atoms with Gasteiger partial charge in [0.25, 0.3) is 0 Å². The minimum atomic E-state index is -0.695. The van der Waals surface area contributed by atoms with Gasteiger partial charge in [0.05, 0.1) is 17.9 Å². The van der Waals surface area contributed by atoms with E-state index < -0.39 is 5.97 Å². The van der Waals surface area contributed by atoms with Crippen LogP contribution in [-0.4, -0.2) is 26.7 Å². The molecular formula is C15H25N3O2. The Kier molecular flexibility index (Phi) is 5.17. The van der Waals surface area contributed by atoms with Gasteiger partial charge in [-0.2, -0.15) is 0 Å². The van der Waals surface area contributed by atoms with Crippen molar-refractivity contribution in [1.82, 2.24) is 14.9 Å². The van der Waals surface area contributed by atoms with Crippen molar-refractivity contribution >= 4 is 5.97 Å². The summed E-state index contributed by atoms with van der Waals surface area (Å²) in [7, 11) is 0. The van der Waals surface area contributed by atoms with Gasteiger partial charge in [0.2, 0.25) is 0 Å². The SMILES string of the molecule is CC(CCCC(C)C(=O)O)NCc1cncn1C1CC1. The third kappa shape index (κ3) is 4.34. The Morgan fingerprint density at radius 2 is 2.25 bits per heavy atom. The first-order valence-electron chi connectivity index (χ1n) is 7.54. The predicted octanol–water partition coefficient (Wildman–Crippen LogP) is 2.59. The second-order valence-corrected chi connectivity index (χ2v) is 5.98. The van der Waals surface area contributed by atoms with Gasteiger partial charge in [-0.25, -0.2) is 4.98 Å². The van der Waals surface area contributed by atoms with E-state index in [9.17, 15) is 4.79 Å². The van der Waals surface area contributed by atoms with Crippen molar-refractivity contribution in [2.45, 2.75) is 64.6 Å². The quantitative estimate of drug-likeness (QED) is 0.729. The van der Waals surface area contributed by atoms with E-state index in [4.69, 9.17) is 5.11 Å². The maximum absolute atomic E-state index is 10.7. The van der Waals surface area contributed by atoms with Gasteiger partial charge in [0, 0.05) is 24.8 Å². The molecule has 1 aliphatic rings. The lowest BCUT2D eigenvalue weighted by Crippen LogP contribution is -2.26. The summed E-state index contributed by atoms with van der Waals surface area (Å²) in [6.45, 7) is 4.77. The van der Waals surface area contributed by atoms with Crippen LogP contribution in [0.4, 0.5) is 0 Å². The van der Waals surface area contributed by atoms with Crippen LogP contribution in [0.2, 0.25) is 0 Å². The van der Waals surface area contributed by atoms with Gasteiger partial charge < -0.3 is 15.0 Å². The normalized spacial score (nSPS) is 17.9. The zero-order valence-corrected chi connectivity index (χ0v) is 12.4. The number of carboxylic acid groups (broad SMARTS) is 1. The fourth-order valence-corrected chi connectivity index (χ4v) is 2.39. The number of aromatic nitrogens is 2. The fraction of sp³-hybridized carbons (Fsp3) is 0.733. The number of nitrogens with zero attached hydrogens (tertiary/aromatic N) is 2. The topological polar surface area (TPSA) is 67.2 Å². The summed E-state index contributed by atoms with van der Waals surface area (Å²) in [6.07, 6.45) is 9.11. The van der Waals surface area contributed by atoms with Gasteiger partial charge in [-0.05, 0) is 32.6 Å². The number of imidazole rings is 1. The van der Waals surface area contributed by atoms with Crippen LogP contribution >= 0.6 is 0 Å². The average Bonchev–Trinajstić information content (AvgIpc) is 3.15. The van der Waals surface area contributed by atoms with E-state index in [0.717, 1.165) is 25.8 Å². The Morgan fingerprint density at radius 3 is 2.90 bits per heavy atom. The number of nitrogens with one attached hydrogen (secondary N) is 1. The molecule has 2 N–H and O–H groups in total. The number of aliphatic carboxylic acids is 1. The molecular weight excluding hydrogens is 254 g/mol. The van der Waals surface area contributed by atoms with Crippen LogP contribution in [0.25, 0.3) is 0 Å². The molecule has 2 unspecified atom stereocenters. The molecule has 112 valence electrons. The zero-order valence-electron chi connectivity index (χ0n) is 12.4. The first-order valence-corrected chi connectivity index (χ1v) is 7.54. The van der Waals surface area contributed by atoms with Gasteiger partial charge in [-0.15, -0.1) is 0 Å². The Labute approximate surface area is 120 Å². The molecule has 0 radical (unpaired) electrons. The van der Waals surface area contributed by atoms with E-state index in [-0.39, 0.29) is 5.92 Å². The molecule has 0 amide bonds. The number of carbonyl (C=O) groups is 1. The molecule has 1 aromatic rings. The van der Waals surface area contributed by atoms with Crippen LogP contribution < -0.4 is 5.32 Å². The molecule has 1 aliphatic carbocycles. The van der Waals surface area contributed by atoms with E-state index >= 15 is 0 Å². The second-order valence-electron chi connectivity index (χ2n) is 5.98. The summed E-state index contributed by atoms with van der Waals surface area (Å²) in [4.78, 5) is 15.0. The summed E-state index contributed by atoms with van der Waals surface area (Å²) in [5.41, 5.74) is 1.25. The molecule has 2 atom stereocenters. The summed E-state index contributed by atoms with van der Waals surface area (Å²) in [6, 6.07) is 1.07. The first-order chi connectivity index (χ1) is 9.58. The van der Waals surface area contributed by atoms with Gasteiger partial charge in [0.1, 0.15) is 0 Å². The van der Waals surface area contributed by atoms with Crippen molar-refractivity contribution in [3.05, 3.63) is 18.2 Å². The summed E-state index contributed by atoms with van der Waals surface area (Å²) >= 11 is 0. The molecule has 0 bridgehead atoms. The van der Waals surface area contributed by atoms with Crippen molar-refractivity contribution in [1.29, 1.82) is 0 Å². The van der Waals surface area contributed by atoms with Crippen LogP contribution in [0, 0.1) is 5.92 Å². The van der Waals surface area contributed by atoms with Crippen LogP contribution in [0.5, 0.6) is 0 Å². The minimum absolute atomic E-state index is 0.238. The molecule has 0 aliphatic heterocycles. The molecule has 5 nitrogen and oxygen atoms in total. The van der Waals surface area contributed by atoms with Crippen molar-refractivity contribution < 1.29 is 9.90 Å². The number of hydrogen-bond donors (Lipinski definition) is 2. The van der Waals surface area contributed by atoms with E-state index in [1.165, 1.54) is 18.5 Å². The highest BCUT2D eigenvalue weighted by Gasteiger charge is 2.25. The predicted molar refractivity (Wildman–Crippen MR) is 77.5 cm³/mol. The zero-order chi connectivity index (χ0) is 14.5. The molecule has 0 spiro atoms. The molecule has 1 saturated carbocycles. The Hall–Kier alpha value is -1.36.